The fourth-order valence-corrected chi connectivity index (χ4v) is 2.49. The lowest BCUT2D eigenvalue weighted by Crippen LogP contribution is -2.14. The van der Waals surface area contributed by atoms with Crippen LogP contribution in [0.1, 0.15) is 37.5 Å². The average molecular weight is 299 g/mol. The molecule has 0 heterocycles. The third-order valence-corrected chi connectivity index (χ3v) is 3.74. The number of halogens is 1. The molecule has 0 fully saturated rings. The van der Waals surface area contributed by atoms with Crippen molar-refractivity contribution in [3.8, 4) is 6.07 Å². The van der Waals surface area contributed by atoms with Gasteiger partial charge in [-0.05, 0) is 34.7 Å². The number of nitrogens with one attached hydrogen (secondary N) is 1. The van der Waals surface area contributed by atoms with Crippen LogP contribution in [0.4, 0.5) is 5.69 Å². The molecule has 21 heavy (non-hydrogen) atoms. The molecule has 2 rings (SSSR count). The van der Waals surface area contributed by atoms with Crippen molar-refractivity contribution in [2.45, 2.75) is 32.7 Å². The van der Waals surface area contributed by atoms with Crippen molar-refractivity contribution in [1.82, 2.24) is 0 Å². The first-order chi connectivity index (χ1) is 9.91. The Labute approximate surface area is 131 Å². The second-order valence-electron chi connectivity index (χ2n) is 6.07. The number of anilines is 1. The zero-order valence-electron chi connectivity index (χ0n) is 12.6. The van der Waals surface area contributed by atoms with E-state index >= 15 is 0 Å². The van der Waals surface area contributed by atoms with Crippen LogP contribution in [-0.2, 0) is 12.0 Å². The largest absolute Gasteiger partial charge is 0.381 e. The van der Waals surface area contributed by atoms with Crippen LogP contribution in [0.3, 0.4) is 0 Å². The molecule has 108 valence electrons. The number of benzene rings is 2. The summed E-state index contributed by atoms with van der Waals surface area (Å²) in [4.78, 5) is 0. The van der Waals surface area contributed by atoms with Gasteiger partial charge in [0.15, 0.2) is 0 Å². The third-order valence-electron chi connectivity index (χ3n) is 3.39. The van der Waals surface area contributed by atoms with Crippen LogP contribution >= 0.6 is 11.6 Å². The minimum Gasteiger partial charge on any atom is -0.381 e. The molecule has 2 nitrogen and oxygen atoms in total. The molecule has 0 aliphatic carbocycles. The minimum atomic E-state index is 0.0814. The van der Waals surface area contributed by atoms with Gasteiger partial charge in [-0.3, -0.25) is 0 Å². The molecular weight excluding hydrogens is 280 g/mol. The lowest BCUT2D eigenvalue weighted by Gasteiger charge is -2.23. The van der Waals surface area contributed by atoms with Crippen LogP contribution in [0.2, 0.25) is 5.02 Å². The number of rotatable bonds is 3. The van der Waals surface area contributed by atoms with Gasteiger partial charge in [-0.15, -0.1) is 0 Å². The fraction of sp³-hybridized carbons (Fsp3) is 0.278. The van der Waals surface area contributed by atoms with Crippen molar-refractivity contribution < 1.29 is 0 Å². The fourth-order valence-electron chi connectivity index (χ4n) is 2.24. The summed E-state index contributed by atoms with van der Waals surface area (Å²) < 4.78 is 0. The van der Waals surface area contributed by atoms with E-state index in [-0.39, 0.29) is 5.41 Å². The van der Waals surface area contributed by atoms with Crippen molar-refractivity contribution in [2.24, 2.45) is 0 Å². The zero-order valence-corrected chi connectivity index (χ0v) is 13.3. The number of nitriles is 1. The SMILES string of the molecule is CC(C)(C)c1ccccc1NCc1ccc(C#N)cc1Cl. The predicted octanol–water partition coefficient (Wildman–Crippen LogP) is 5.12. The Hall–Kier alpha value is -1.98. The van der Waals surface area contributed by atoms with Crippen molar-refractivity contribution in [2.75, 3.05) is 5.32 Å². The summed E-state index contributed by atoms with van der Waals surface area (Å²) in [7, 11) is 0. The standard InChI is InChI=1S/C18H19ClN2/c1-18(2,3)15-6-4-5-7-17(15)21-12-14-9-8-13(11-20)10-16(14)19/h4-10,21H,12H2,1-3H3. The molecule has 0 saturated heterocycles. The molecule has 1 N–H and O–H groups in total. The quantitative estimate of drug-likeness (QED) is 0.853. The van der Waals surface area contributed by atoms with Crippen molar-refractivity contribution >= 4 is 17.3 Å². The Kier molecular flexibility index (Phi) is 4.55. The maximum atomic E-state index is 8.86. The zero-order chi connectivity index (χ0) is 15.5. The second-order valence-corrected chi connectivity index (χ2v) is 6.47. The summed E-state index contributed by atoms with van der Waals surface area (Å²) in [6.07, 6.45) is 0. The summed E-state index contributed by atoms with van der Waals surface area (Å²) in [6, 6.07) is 15.8. The van der Waals surface area contributed by atoms with Gasteiger partial charge in [0.25, 0.3) is 0 Å². The molecule has 2 aromatic rings. The van der Waals surface area contributed by atoms with Crippen LogP contribution in [-0.4, -0.2) is 0 Å². The van der Waals surface area contributed by atoms with E-state index < -0.39 is 0 Å². The van der Waals surface area contributed by atoms with Crippen LogP contribution in [0.15, 0.2) is 42.5 Å². The highest BCUT2D eigenvalue weighted by atomic mass is 35.5. The first-order valence-corrected chi connectivity index (χ1v) is 7.31. The van der Waals surface area contributed by atoms with Gasteiger partial charge in [0.2, 0.25) is 0 Å². The van der Waals surface area contributed by atoms with Gasteiger partial charge in [0.1, 0.15) is 0 Å². The molecule has 0 spiro atoms. The number of hydrogen-bond acceptors (Lipinski definition) is 2. The van der Waals surface area contributed by atoms with Crippen LogP contribution in [0, 0.1) is 11.3 Å². The topological polar surface area (TPSA) is 35.8 Å². The molecule has 0 amide bonds. The normalized spacial score (nSPS) is 11.0. The minimum absolute atomic E-state index is 0.0814. The maximum absolute atomic E-state index is 8.86. The monoisotopic (exact) mass is 298 g/mol. The third kappa shape index (κ3) is 3.77. The van der Waals surface area contributed by atoms with Crippen LogP contribution in [0.5, 0.6) is 0 Å². The molecule has 0 aliphatic heterocycles. The molecular formula is C18H19ClN2. The number of hydrogen-bond donors (Lipinski definition) is 1. The first kappa shape index (κ1) is 15.4. The Bertz CT molecular complexity index is 678. The van der Waals surface area contributed by atoms with Gasteiger partial charge in [-0.25, -0.2) is 0 Å². The molecule has 0 aliphatic rings. The highest BCUT2D eigenvalue weighted by molar-refractivity contribution is 6.31. The average Bonchev–Trinajstić information content (AvgIpc) is 2.45. The second kappa shape index (κ2) is 6.20. The Morgan fingerprint density at radius 3 is 2.48 bits per heavy atom. The Morgan fingerprint density at radius 2 is 1.86 bits per heavy atom. The summed E-state index contributed by atoms with van der Waals surface area (Å²) in [5.74, 6) is 0. The number of para-hydroxylation sites is 1. The summed E-state index contributed by atoms with van der Waals surface area (Å²) in [5, 5.41) is 12.9. The molecule has 0 unspecified atom stereocenters. The summed E-state index contributed by atoms with van der Waals surface area (Å²) in [5.41, 5.74) is 4.04. The highest BCUT2D eigenvalue weighted by Gasteiger charge is 2.17. The predicted molar refractivity (Wildman–Crippen MR) is 88.6 cm³/mol. The molecule has 0 bridgehead atoms. The van der Waals surface area contributed by atoms with Crippen molar-refractivity contribution in [1.29, 1.82) is 5.26 Å². The van der Waals surface area contributed by atoms with E-state index in [1.807, 2.05) is 12.1 Å². The molecule has 0 atom stereocenters. The van der Waals surface area contributed by atoms with Crippen molar-refractivity contribution in [3.05, 3.63) is 64.2 Å². The lowest BCUT2D eigenvalue weighted by molar-refractivity contribution is 0.591. The molecule has 2 aromatic carbocycles. The van der Waals surface area contributed by atoms with E-state index in [2.05, 4.69) is 50.4 Å². The summed E-state index contributed by atoms with van der Waals surface area (Å²) >= 11 is 6.21. The van der Waals surface area contributed by atoms with E-state index in [0.29, 0.717) is 17.1 Å². The molecule has 3 heteroatoms. The van der Waals surface area contributed by atoms with E-state index in [1.54, 1.807) is 12.1 Å². The maximum Gasteiger partial charge on any atom is 0.0992 e. The number of nitrogens with zero attached hydrogens (tertiary/aromatic N) is 1. The molecule has 0 radical (unpaired) electrons. The van der Waals surface area contributed by atoms with Gasteiger partial charge < -0.3 is 5.32 Å². The summed E-state index contributed by atoms with van der Waals surface area (Å²) in [6.45, 7) is 7.23. The first-order valence-electron chi connectivity index (χ1n) is 6.94. The molecule has 0 saturated carbocycles. The van der Waals surface area contributed by atoms with Gasteiger partial charge in [-0.2, -0.15) is 5.26 Å². The van der Waals surface area contributed by atoms with Gasteiger partial charge in [-0.1, -0.05) is 56.6 Å². The van der Waals surface area contributed by atoms with Gasteiger partial charge in [0, 0.05) is 17.3 Å². The van der Waals surface area contributed by atoms with E-state index in [1.165, 1.54) is 5.56 Å². The van der Waals surface area contributed by atoms with Gasteiger partial charge >= 0.3 is 0 Å². The van der Waals surface area contributed by atoms with Crippen LogP contribution < -0.4 is 5.32 Å². The Morgan fingerprint density at radius 1 is 1.14 bits per heavy atom. The van der Waals surface area contributed by atoms with Crippen LogP contribution in [0.25, 0.3) is 0 Å². The van der Waals surface area contributed by atoms with E-state index in [9.17, 15) is 0 Å². The molecule has 0 aromatic heterocycles. The smallest absolute Gasteiger partial charge is 0.0992 e. The van der Waals surface area contributed by atoms with Gasteiger partial charge in [0.05, 0.1) is 11.6 Å². The van der Waals surface area contributed by atoms with E-state index in [4.69, 9.17) is 16.9 Å². The van der Waals surface area contributed by atoms with Crippen molar-refractivity contribution in [3.63, 3.8) is 0 Å². The Balaban J connectivity index is 2.20. The lowest BCUT2D eigenvalue weighted by atomic mass is 9.86. The highest BCUT2D eigenvalue weighted by Crippen LogP contribution is 2.30. The van der Waals surface area contributed by atoms with E-state index in [0.717, 1.165) is 11.3 Å².